The van der Waals surface area contributed by atoms with E-state index < -0.39 is 53.3 Å². The first-order valence-corrected chi connectivity index (χ1v) is 18.1. The minimum absolute atomic E-state index is 0.00201. The molecule has 6 aliphatic rings. The number of aliphatic hydroxyl groups excluding tert-OH is 1. The molecule has 3 saturated carbocycles. The van der Waals surface area contributed by atoms with Gasteiger partial charge in [0.15, 0.2) is 11.6 Å². The van der Waals surface area contributed by atoms with Crippen LogP contribution in [0.3, 0.4) is 0 Å². The summed E-state index contributed by atoms with van der Waals surface area (Å²) in [5, 5.41) is 18.2. The van der Waals surface area contributed by atoms with Gasteiger partial charge in [0, 0.05) is 38.2 Å². The number of aromatic nitrogens is 1. The molecule has 11 nitrogen and oxygen atoms in total. The van der Waals surface area contributed by atoms with E-state index in [1.165, 1.54) is 0 Å². The second kappa shape index (κ2) is 12.3. The number of pyridine rings is 1. The fourth-order valence-corrected chi connectivity index (χ4v) is 10.0. The lowest BCUT2D eigenvalue weighted by Gasteiger charge is -2.43. The molecule has 1 aromatic heterocycles. The quantitative estimate of drug-likeness (QED) is 0.376. The zero-order chi connectivity index (χ0) is 36.0. The number of aliphatic hydroxyl groups is 1. The van der Waals surface area contributed by atoms with E-state index in [9.17, 15) is 19.1 Å². The molecule has 3 aliphatic heterocycles. The van der Waals surface area contributed by atoms with Gasteiger partial charge in [-0.15, -0.1) is 0 Å². The minimum Gasteiger partial charge on any atom is -0.471 e. The lowest BCUT2D eigenvalue weighted by Crippen LogP contribution is -2.62. The van der Waals surface area contributed by atoms with Gasteiger partial charge in [0.25, 0.3) is 5.91 Å². The summed E-state index contributed by atoms with van der Waals surface area (Å²) >= 11 is 0. The third-order valence-electron chi connectivity index (χ3n) is 12.5. The van der Waals surface area contributed by atoms with E-state index in [2.05, 4.69) is 20.6 Å². The molecular formula is C38H46F2N6O5. The Balaban J connectivity index is 1.09. The number of hydrogen-bond donors (Lipinski definition) is 3. The topological polar surface area (TPSA) is 136 Å². The van der Waals surface area contributed by atoms with E-state index >= 15 is 9.18 Å². The van der Waals surface area contributed by atoms with Gasteiger partial charge >= 0.3 is 0 Å². The van der Waals surface area contributed by atoms with Crippen LogP contribution in [0.25, 0.3) is 0 Å². The number of benzene rings is 1. The number of carbonyl (C=O) groups excluding carboxylic acids is 3. The highest BCUT2D eigenvalue weighted by Gasteiger charge is 2.65. The number of aliphatic imine (C=N–C) groups is 1. The number of fused-ring (bicyclic) bond motifs is 6. The summed E-state index contributed by atoms with van der Waals surface area (Å²) in [6, 6.07) is 8.77. The molecule has 1 spiro atoms. The lowest BCUT2D eigenvalue weighted by molar-refractivity contribution is -0.147. The first-order chi connectivity index (χ1) is 24.3. The standard InChI is InChI=1S/C38H46F2N6O5/c1-37(2,3)31(43-33(47)24-13-23(24)19-8-6-5-7-9-19)35(49)45-17-26-20-10-25(27(40)11-20)29(26)30(45)34(48)46-18-38(14-22(46)16-41-4)36(50)44-32-28(51-38)12-21(39)15-42-32/h5-9,12,15-16,20,22-27,29-31,35,49H,10-11,13-14,17-18H2,1-4H3,(H,43,47)(H,42,44,50)/t20-,22-,23+,24-,25+,26+,27+,29-,30-,31+,35?,38+/m0/s1. The van der Waals surface area contributed by atoms with Crippen LogP contribution < -0.4 is 15.4 Å². The Bertz CT molecular complexity index is 1760. The number of rotatable bonds is 7. The van der Waals surface area contributed by atoms with Gasteiger partial charge in [-0.3, -0.25) is 24.3 Å². The molecule has 8 rings (SSSR count). The predicted molar refractivity (Wildman–Crippen MR) is 184 cm³/mol. The smallest absolute Gasteiger partial charge is 0.271 e. The third-order valence-corrected chi connectivity index (χ3v) is 12.5. The second-order valence-electron chi connectivity index (χ2n) is 16.6. The molecule has 0 radical (unpaired) electrons. The van der Waals surface area contributed by atoms with E-state index in [0.717, 1.165) is 24.2 Å². The molecule has 2 bridgehead atoms. The first kappa shape index (κ1) is 34.1. The molecule has 272 valence electrons. The average Bonchev–Trinajstić information content (AvgIpc) is 3.30. The molecule has 2 saturated heterocycles. The first-order valence-electron chi connectivity index (χ1n) is 18.1. The van der Waals surface area contributed by atoms with E-state index in [1.54, 1.807) is 23.1 Å². The van der Waals surface area contributed by atoms with Crippen molar-refractivity contribution >= 4 is 29.8 Å². The van der Waals surface area contributed by atoms with Gasteiger partial charge in [-0.2, -0.15) is 0 Å². The van der Waals surface area contributed by atoms with Crippen LogP contribution in [0, 0.1) is 40.8 Å². The van der Waals surface area contributed by atoms with Crippen molar-refractivity contribution in [3.8, 4) is 5.75 Å². The molecule has 1 aromatic carbocycles. The number of amides is 3. The van der Waals surface area contributed by atoms with Gasteiger partial charge < -0.3 is 25.4 Å². The SMILES string of the molecule is CN=C[C@@H]1C[C@]2(CN1C(=O)[C@@H]1[C@@H]3[C@H](CN1C(O)[C@@H](NC(=O)[C@H]1C[C@@H]1c1ccccc1)C(C)(C)C)[C@H]1C[C@@H]3[C@H](F)C1)Oc1cc(F)cnc1NC2=O. The zero-order valence-electron chi connectivity index (χ0n) is 29.3. The summed E-state index contributed by atoms with van der Waals surface area (Å²) in [4.78, 5) is 53.8. The van der Waals surface area contributed by atoms with E-state index in [0.29, 0.717) is 19.4 Å². The van der Waals surface area contributed by atoms with Crippen molar-refractivity contribution in [3.63, 3.8) is 0 Å². The van der Waals surface area contributed by atoms with Gasteiger partial charge in [0.1, 0.15) is 18.2 Å². The van der Waals surface area contributed by atoms with Crippen LogP contribution in [-0.2, 0) is 14.4 Å². The van der Waals surface area contributed by atoms with Crippen LogP contribution in [0.5, 0.6) is 5.75 Å². The molecule has 3 N–H and O–H groups in total. The van der Waals surface area contributed by atoms with Crippen LogP contribution in [0.4, 0.5) is 14.6 Å². The summed E-state index contributed by atoms with van der Waals surface area (Å²) in [5.41, 5.74) is -1.03. The summed E-state index contributed by atoms with van der Waals surface area (Å²) in [6.07, 6.45) is 2.20. The van der Waals surface area contributed by atoms with Gasteiger partial charge in [-0.05, 0) is 59.8 Å². The fourth-order valence-electron chi connectivity index (χ4n) is 10.0. The molecular weight excluding hydrogens is 658 g/mol. The van der Waals surface area contributed by atoms with Crippen LogP contribution in [-0.4, -0.2) is 100 Å². The Hall–Kier alpha value is -3.97. The van der Waals surface area contributed by atoms with Crippen LogP contribution in [0.1, 0.15) is 57.9 Å². The number of hydrogen-bond acceptors (Lipinski definition) is 8. The van der Waals surface area contributed by atoms with Crippen LogP contribution in [0.2, 0.25) is 0 Å². The second-order valence-corrected chi connectivity index (χ2v) is 16.6. The number of likely N-dealkylation sites (tertiary alicyclic amines) is 2. The number of halogens is 2. The molecule has 2 aromatic rings. The maximum atomic E-state index is 15.5. The van der Waals surface area contributed by atoms with Crippen molar-refractivity contribution in [1.82, 2.24) is 20.1 Å². The van der Waals surface area contributed by atoms with Crippen molar-refractivity contribution in [2.75, 3.05) is 25.5 Å². The van der Waals surface area contributed by atoms with Gasteiger partial charge in [0.2, 0.25) is 17.4 Å². The van der Waals surface area contributed by atoms with Gasteiger partial charge in [-0.1, -0.05) is 51.1 Å². The number of nitrogens with one attached hydrogen (secondary N) is 2. The number of ether oxygens (including phenoxy) is 1. The van der Waals surface area contributed by atoms with Crippen molar-refractivity contribution in [3.05, 3.63) is 54.0 Å². The zero-order valence-corrected chi connectivity index (χ0v) is 29.3. The molecule has 51 heavy (non-hydrogen) atoms. The van der Waals surface area contributed by atoms with E-state index in [4.69, 9.17) is 4.74 Å². The molecule has 5 fully saturated rings. The number of carbonyl (C=O) groups is 3. The molecule has 3 amide bonds. The Morgan fingerprint density at radius 2 is 1.96 bits per heavy atom. The Morgan fingerprint density at radius 1 is 1.20 bits per heavy atom. The van der Waals surface area contributed by atoms with Gasteiger partial charge in [-0.25, -0.2) is 13.8 Å². The maximum absolute atomic E-state index is 15.5. The van der Waals surface area contributed by atoms with Crippen molar-refractivity contribution in [2.24, 2.45) is 40.0 Å². The maximum Gasteiger partial charge on any atom is 0.271 e. The summed E-state index contributed by atoms with van der Waals surface area (Å²) in [6.45, 7) is 6.08. The van der Waals surface area contributed by atoms with Gasteiger partial charge in [0.05, 0.1) is 30.9 Å². The Labute approximate surface area is 296 Å². The van der Waals surface area contributed by atoms with Crippen molar-refractivity contribution in [1.29, 1.82) is 0 Å². The molecule has 13 heteroatoms. The van der Waals surface area contributed by atoms with Crippen LogP contribution >= 0.6 is 0 Å². The number of anilines is 1. The molecule has 12 atom stereocenters. The Morgan fingerprint density at radius 3 is 2.69 bits per heavy atom. The highest BCUT2D eigenvalue weighted by Crippen LogP contribution is 2.59. The minimum atomic E-state index is -1.54. The lowest BCUT2D eigenvalue weighted by atomic mass is 9.77. The molecule has 4 heterocycles. The number of alkyl halides is 1. The molecule has 3 aliphatic carbocycles. The van der Waals surface area contributed by atoms with E-state index in [1.807, 2.05) is 51.1 Å². The summed E-state index contributed by atoms with van der Waals surface area (Å²) in [7, 11) is 1.58. The summed E-state index contributed by atoms with van der Waals surface area (Å²) < 4.78 is 35.8. The van der Waals surface area contributed by atoms with E-state index in [-0.39, 0.29) is 71.9 Å². The van der Waals surface area contributed by atoms with Crippen molar-refractivity contribution < 1.29 is 33.0 Å². The van der Waals surface area contributed by atoms with Crippen molar-refractivity contribution in [2.45, 2.75) is 88.5 Å². The predicted octanol–water partition coefficient (Wildman–Crippen LogP) is 3.54. The normalized spacial score (nSPS) is 36.5. The molecule has 1 unspecified atom stereocenters. The largest absolute Gasteiger partial charge is 0.471 e. The highest BCUT2D eigenvalue weighted by atomic mass is 19.1. The summed E-state index contributed by atoms with van der Waals surface area (Å²) in [5.74, 6) is -2.17. The monoisotopic (exact) mass is 704 g/mol. The fraction of sp³-hybridized carbons (Fsp3) is 0.605. The number of nitrogens with zero attached hydrogens (tertiary/aromatic N) is 4. The third kappa shape index (κ3) is 5.71. The Kier molecular flexibility index (Phi) is 8.25. The highest BCUT2D eigenvalue weighted by molar-refractivity contribution is 6.02. The van der Waals surface area contributed by atoms with Crippen LogP contribution in [0.15, 0.2) is 47.6 Å². The average molecular weight is 705 g/mol.